The second kappa shape index (κ2) is 5.24. The number of nitrogens with zero attached hydrogens (tertiary/aromatic N) is 3. The predicted molar refractivity (Wildman–Crippen MR) is 72.1 cm³/mol. The van der Waals surface area contributed by atoms with Crippen LogP contribution in [-0.4, -0.2) is 32.3 Å². The first-order chi connectivity index (χ1) is 9.75. The average molecular weight is 270 g/mol. The van der Waals surface area contributed by atoms with Crippen molar-refractivity contribution in [2.75, 3.05) is 6.54 Å². The Labute approximate surface area is 115 Å². The number of H-pyrrole nitrogens is 1. The molecule has 1 amide bonds. The minimum absolute atomic E-state index is 0.0163. The van der Waals surface area contributed by atoms with E-state index in [2.05, 4.69) is 15.0 Å². The minimum Gasteiger partial charge on any atom is -0.329 e. The largest absolute Gasteiger partial charge is 0.329 e. The summed E-state index contributed by atoms with van der Waals surface area (Å²) < 4.78 is 0. The molecule has 0 aliphatic carbocycles. The third-order valence-electron chi connectivity index (χ3n) is 3.43. The number of rotatable bonds is 2. The van der Waals surface area contributed by atoms with Crippen molar-refractivity contribution in [2.24, 2.45) is 0 Å². The number of aromatic nitrogens is 3. The molecule has 1 aliphatic heterocycles. The first-order valence-corrected chi connectivity index (χ1v) is 6.52. The first kappa shape index (κ1) is 12.5. The molecule has 1 unspecified atom stereocenters. The van der Waals surface area contributed by atoms with Gasteiger partial charge in [0.05, 0.1) is 17.9 Å². The Morgan fingerprint density at radius 2 is 2.25 bits per heavy atom. The molecule has 1 fully saturated rings. The number of hydrogen-bond acceptors (Lipinski definition) is 4. The van der Waals surface area contributed by atoms with Crippen LogP contribution in [-0.2, 0) is 0 Å². The molecule has 1 atom stereocenters. The van der Waals surface area contributed by atoms with E-state index in [1.54, 1.807) is 11.1 Å². The van der Waals surface area contributed by atoms with Crippen LogP contribution in [0.4, 0.5) is 0 Å². The van der Waals surface area contributed by atoms with Crippen LogP contribution in [0.15, 0.2) is 41.6 Å². The third-order valence-corrected chi connectivity index (χ3v) is 3.43. The Morgan fingerprint density at radius 3 is 2.95 bits per heavy atom. The SMILES string of the molecule is O=C(c1c[nH]c(=O)cn1)N1CCCC1c1ccccn1. The summed E-state index contributed by atoms with van der Waals surface area (Å²) in [6.07, 6.45) is 6.05. The summed E-state index contributed by atoms with van der Waals surface area (Å²) in [5.41, 5.74) is 0.833. The van der Waals surface area contributed by atoms with Crippen LogP contribution in [0, 0.1) is 0 Å². The van der Waals surface area contributed by atoms with E-state index in [0.29, 0.717) is 6.54 Å². The molecule has 0 aromatic carbocycles. The highest BCUT2D eigenvalue weighted by molar-refractivity contribution is 5.92. The summed E-state index contributed by atoms with van der Waals surface area (Å²) in [6.45, 7) is 0.681. The van der Waals surface area contributed by atoms with Crippen LogP contribution in [0.25, 0.3) is 0 Å². The average Bonchev–Trinajstić information content (AvgIpc) is 2.97. The lowest BCUT2D eigenvalue weighted by Gasteiger charge is -2.23. The van der Waals surface area contributed by atoms with Crippen LogP contribution < -0.4 is 5.56 Å². The molecule has 6 nitrogen and oxygen atoms in total. The number of likely N-dealkylation sites (tertiary alicyclic amines) is 1. The Bertz CT molecular complexity index is 648. The molecule has 0 bridgehead atoms. The fourth-order valence-electron chi connectivity index (χ4n) is 2.50. The number of hydrogen-bond donors (Lipinski definition) is 1. The van der Waals surface area contributed by atoms with Crippen LogP contribution in [0.3, 0.4) is 0 Å². The Kier molecular flexibility index (Phi) is 3.28. The van der Waals surface area contributed by atoms with E-state index in [1.807, 2.05) is 18.2 Å². The second-order valence-electron chi connectivity index (χ2n) is 4.71. The second-order valence-corrected chi connectivity index (χ2v) is 4.71. The van der Waals surface area contributed by atoms with Crippen molar-refractivity contribution in [2.45, 2.75) is 18.9 Å². The summed E-state index contributed by atoms with van der Waals surface area (Å²) in [5, 5.41) is 0. The van der Waals surface area contributed by atoms with Crippen LogP contribution in [0.2, 0.25) is 0 Å². The predicted octanol–water partition coefficient (Wildman–Crippen LogP) is 1.14. The molecule has 3 heterocycles. The molecule has 0 spiro atoms. The Morgan fingerprint density at radius 1 is 1.35 bits per heavy atom. The molecule has 1 saturated heterocycles. The highest BCUT2D eigenvalue weighted by atomic mass is 16.2. The number of pyridine rings is 1. The standard InChI is InChI=1S/C14H14N4O2/c19-13-9-16-11(8-17-13)14(20)18-7-3-5-12(18)10-4-1-2-6-15-10/h1-2,4,6,8-9,12H,3,5,7H2,(H,17,19). The first-order valence-electron chi connectivity index (χ1n) is 6.52. The maximum Gasteiger partial charge on any atom is 0.274 e. The van der Waals surface area contributed by atoms with Gasteiger partial charge in [-0.2, -0.15) is 0 Å². The summed E-state index contributed by atoms with van der Waals surface area (Å²) in [6, 6.07) is 5.68. The molecule has 1 aliphatic rings. The van der Waals surface area contributed by atoms with Gasteiger partial charge in [0.25, 0.3) is 11.5 Å². The molecule has 0 saturated carbocycles. The lowest BCUT2D eigenvalue weighted by atomic mass is 10.1. The summed E-state index contributed by atoms with van der Waals surface area (Å²) in [4.78, 5) is 35.9. The molecule has 2 aromatic heterocycles. The highest BCUT2D eigenvalue weighted by Gasteiger charge is 2.31. The van der Waals surface area contributed by atoms with E-state index >= 15 is 0 Å². The van der Waals surface area contributed by atoms with Gasteiger partial charge in [0.15, 0.2) is 0 Å². The normalized spacial score (nSPS) is 18.2. The van der Waals surface area contributed by atoms with Gasteiger partial charge in [-0.25, -0.2) is 4.98 Å². The molecule has 2 aromatic rings. The van der Waals surface area contributed by atoms with Crippen molar-refractivity contribution in [3.8, 4) is 0 Å². The number of carbonyl (C=O) groups excluding carboxylic acids is 1. The van der Waals surface area contributed by atoms with Gasteiger partial charge in [-0.05, 0) is 25.0 Å². The maximum atomic E-state index is 12.5. The highest BCUT2D eigenvalue weighted by Crippen LogP contribution is 2.31. The maximum absolute atomic E-state index is 12.5. The molecule has 102 valence electrons. The zero-order valence-electron chi connectivity index (χ0n) is 10.8. The van der Waals surface area contributed by atoms with Crippen molar-refractivity contribution in [3.05, 3.63) is 58.5 Å². The lowest BCUT2D eigenvalue weighted by molar-refractivity contribution is 0.0726. The van der Waals surface area contributed by atoms with Crippen LogP contribution in [0.5, 0.6) is 0 Å². The van der Waals surface area contributed by atoms with Gasteiger partial charge < -0.3 is 9.88 Å². The zero-order valence-corrected chi connectivity index (χ0v) is 10.8. The monoisotopic (exact) mass is 270 g/mol. The van der Waals surface area contributed by atoms with Crippen molar-refractivity contribution in [1.82, 2.24) is 19.9 Å². The summed E-state index contributed by atoms with van der Waals surface area (Å²) >= 11 is 0. The van der Waals surface area contributed by atoms with Crippen molar-refractivity contribution in [3.63, 3.8) is 0 Å². The number of carbonyl (C=O) groups is 1. The number of aromatic amines is 1. The van der Waals surface area contributed by atoms with E-state index in [4.69, 9.17) is 0 Å². The third kappa shape index (κ3) is 2.32. The van der Waals surface area contributed by atoms with Gasteiger partial charge in [0.2, 0.25) is 0 Å². The van der Waals surface area contributed by atoms with Gasteiger partial charge in [-0.1, -0.05) is 6.07 Å². The smallest absolute Gasteiger partial charge is 0.274 e. The van der Waals surface area contributed by atoms with E-state index in [1.165, 1.54) is 6.20 Å². The van der Waals surface area contributed by atoms with Crippen molar-refractivity contribution >= 4 is 5.91 Å². The van der Waals surface area contributed by atoms with Crippen LogP contribution in [0.1, 0.15) is 35.1 Å². The molecule has 6 heteroatoms. The van der Waals surface area contributed by atoms with Crippen molar-refractivity contribution < 1.29 is 4.79 Å². The summed E-state index contributed by atoms with van der Waals surface area (Å²) in [5.74, 6) is -0.172. The minimum atomic E-state index is -0.316. The number of nitrogens with one attached hydrogen (secondary N) is 1. The van der Waals surface area contributed by atoms with E-state index < -0.39 is 0 Å². The topological polar surface area (TPSA) is 79.0 Å². The van der Waals surface area contributed by atoms with Crippen LogP contribution >= 0.6 is 0 Å². The van der Waals surface area contributed by atoms with Gasteiger partial charge in [0, 0.05) is 18.9 Å². The molecule has 20 heavy (non-hydrogen) atoms. The molecule has 1 N–H and O–H groups in total. The molecular formula is C14H14N4O2. The quantitative estimate of drug-likeness (QED) is 0.887. The molecular weight excluding hydrogens is 256 g/mol. The number of amides is 1. The van der Waals surface area contributed by atoms with Gasteiger partial charge in [0.1, 0.15) is 5.69 Å². The fraction of sp³-hybridized carbons (Fsp3) is 0.286. The van der Waals surface area contributed by atoms with E-state index in [9.17, 15) is 9.59 Å². The Hall–Kier alpha value is -2.50. The Balaban J connectivity index is 1.87. The molecule has 3 rings (SSSR count). The van der Waals surface area contributed by atoms with Gasteiger partial charge >= 0.3 is 0 Å². The van der Waals surface area contributed by atoms with E-state index in [0.717, 1.165) is 24.7 Å². The fourth-order valence-corrected chi connectivity index (χ4v) is 2.50. The summed E-state index contributed by atoms with van der Waals surface area (Å²) in [7, 11) is 0. The lowest BCUT2D eigenvalue weighted by Crippen LogP contribution is -2.32. The molecule has 0 radical (unpaired) electrons. The zero-order chi connectivity index (χ0) is 13.9. The van der Waals surface area contributed by atoms with Crippen molar-refractivity contribution in [1.29, 1.82) is 0 Å². The van der Waals surface area contributed by atoms with Gasteiger partial charge in [-0.3, -0.25) is 14.6 Å². The van der Waals surface area contributed by atoms with E-state index in [-0.39, 0.29) is 23.2 Å². The van der Waals surface area contributed by atoms with Gasteiger partial charge in [-0.15, -0.1) is 0 Å².